The van der Waals surface area contributed by atoms with E-state index in [1.54, 1.807) is 0 Å². The van der Waals surface area contributed by atoms with Crippen molar-refractivity contribution in [1.29, 1.82) is 10.5 Å². The molecule has 0 atom stereocenters. The van der Waals surface area contributed by atoms with E-state index in [4.69, 9.17) is 37.7 Å². The van der Waals surface area contributed by atoms with Gasteiger partial charge < -0.3 is 33.3 Å². The summed E-state index contributed by atoms with van der Waals surface area (Å²) in [6, 6.07) is 0. The van der Waals surface area contributed by atoms with Crippen LogP contribution >= 0.6 is 0 Å². The Kier molecular flexibility index (Phi) is 171. The normalized spacial score (nSPS) is 2.80. The van der Waals surface area contributed by atoms with Crippen LogP contribution in [0.15, 0.2) is 0 Å². The third-order valence-electron chi connectivity index (χ3n) is 0. The number of hydrogen-bond acceptors (Lipinski definition) is 3. The van der Waals surface area contributed by atoms with Crippen LogP contribution in [-0.2, 0) is 4.46 Å². The van der Waals surface area contributed by atoms with Crippen LogP contribution in [0.4, 0.5) is 0 Å². The van der Waals surface area contributed by atoms with Crippen molar-refractivity contribution in [3.8, 4) is 0 Å². The van der Waals surface area contributed by atoms with E-state index >= 15 is 0 Å². The molecule has 5 nitrogen and oxygen atoms in total. The van der Waals surface area contributed by atoms with Gasteiger partial charge in [0.1, 0.15) is 0 Å². The van der Waals surface area contributed by atoms with Crippen molar-refractivity contribution in [1.82, 2.24) is 0 Å². The zero-order chi connectivity index (χ0) is 7.58. The molecule has 8 heteroatoms. The van der Waals surface area contributed by atoms with Gasteiger partial charge in [-0.25, -0.2) is 0 Å². The maximum Gasteiger partial charge on any atom is 1.00 e. The summed E-state index contributed by atoms with van der Waals surface area (Å²) in [4.78, 5) is 14.3. The van der Waals surface area contributed by atoms with Crippen LogP contribution in [0.25, 0.3) is 0 Å². The zero-order valence-electron chi connectivity index (χ0n) is 5.70. The van der Waals surface area contributed by atoms with Crippen molar-refractivity contribution >= 4 is 9.17 Å². The maximum absolute atomic E-state index is 8.74. The number of hydrogen-bond donors (Lipinski definition) is 2. The third-order valence-corrected chi connectivity index (χ3v) is 0. The van der Waals surface area contributed by atoms with Crippen LogP contribution in [0.3, 0.4) is 0 Å². The van der Waals surface area contributed by atoms with E-state index in [1.165, 1.54) is 0 Å². The minimum absolute atomic E-state index is 0. The molecule has 0 amide bonds. The van der Waals surface area contributed by atoms with Crippen molar-refractivity contribution in [2.45, 2.75) is 0 Å². The van der Waals surface area contributed by atoms with E-state index < -0.39 is 9.17 Å². The summed E-state index contributed by atoms with van der Waals surface area (Å²) < 4.78 is 8.74. The smallest absolute Gasteiger partial charge is 0.512 e. The Balaban J connectivity index is -0.0000000125. The second kappa shape index (κ2) is 54.8. The maximum atomic E-state index is 8.74. The van der Waals surface area contributed by atoms with Gasteiger partial charge in [0, 0.05) is 0 Å². The molecular formula is C2H2N2Na2O3Si. The molecule has 0 unspecified atom stereocenters. The second-order valence-electron chi connectivity index (χ2n) is 0.283. The van der Waals surface area contributed by atoms with Gasteiger partial charge in [-0.05, 0) is 0 Å². The van der Waals surface area contributed by atoms with Gasteiger partial charge >= 0.3 is 68.3 Å². The van der Waals surface area contributed by atoms with Crippen LogP contribution in [0, 0.1) is 23.7 Å². The van der Waals surface area contributed by atoms with E-state index in [-0.39, 0.29) is 59.1 Å². The molecular weight excluding hydrogens is 174 g/mol. The largest absolute Gasteiger partial charge is 1.00 e. The molecule has 0 heterocycles. The van der Waals surface area contributed by atoms with Gasteiger partial charge in [0.05, 0.1) is 0 Å². The summed E-state index contributed by atoms with van der Waals surface area (Å²) in [5.41, 5.74) is 0. The summed E-state index contributed by atoms with van der Waals surface area (Å²) in [5, 5.41) is 12.5. The van der Waals surface area contributed by atoms with Gasteiger partial charge in [-0.2, -0.15) is 0 Å². The molecule has 0 aliphatic carbocycles. The second-order valence-corrected chi connectivity index (χ2v) is 0.848. The molecule has 10 heavy (non-hydrogen) atoms. The molecule has 0 aromatic rings. The summed E-state index contributed by atoms with van der Waals surface area (Å²) in [7, 11) is -3.13. The molecule has 0 bridgehead atoms. The van der Waals surface area contributed by atoms with E-state index in [1.807, 2.05) is 0 Å². The van der Waals surface area contributed by atoms with Crippen LogP contribution in [0.1, 0.15) is 0 Å². The zero-order valence-corrected chi connectivity index (χ0v) is 10.7. The molecule has 0 radical (unpaired) electrons. The molecule has 0 aromatic heterocycles. The van der Waals surface area contributed by atoms with E-state index in [9.17, 15) is 0 Å². The van der Waals surface area contributed by atoms with Gasteiger partial charge in [0.15, 0.2) is 0 Å². The molecule has 0 saturated carbocycles. The van der Waals surface area contributed by atoms with Crippen molar-refractivity contribution in [2.75, 3.05) is 0 Å². The Hall–Kier alpha value is 0.597. The topological polar surface area (TPSA) is 105 Å². The summed E-state index contributed by atoms with van der Waals surface area (Å²) in [5.74, 6) is 0. The average molecular weight is 176 g/mol. The first-order valence-electron chi connectivity index (χ1n) is 1.10. The van der Waals surface area contributed by atoms with Gasteiger partial charge in [-0.1, -0.05) is 0 Å². The van der Waals surface area contributed by atoms with E-state index in [2.05, 4.69) is 0 Å². The molecule has 0 rings (SSSR count). The average Bonchev–Trinajstić information content (AvgIpc) is 1.75. The minimum Gasteiger partial charge on any atom is -0.512 e. The molecule has 0 aromatic carbocycles. The minimum atomic E-state index is -3.13. The first-order chi connectivity index (χ1) is 3.73. The first kappa shape index (κ1) is 31.2. The third kappa shape index (κ3) is 1390. The molecule has 0 fully saturated rings. The predicted octanol–water partition coefficient (Wildman–Crippen LogP) is -7.41. The Morgan fingerprint density at radius 1 is 1.00 bits per heavy atom. The Labute approximate surface area is 105 Å². The fourth-order valence-electron chi connectivity index (χ4n) is 0. The predicted molar refractivity (Wildman–Crippen MR) is 20.8 cm³/mol. The standard InChI is InChI=1S/2CN.2Na.H2O3Si/c2*1-2;;;1-4(2)3/h;;;;1-2H/q2*-1;2*+1;. The van der Waals surface area contributed by atoms with Crippen LogP contribution in [-0.4, -0.2) is 18.8 Å². The Bertz CT molecular complexity index is 85.0. The summed E-state index contributed by atoms with van der Waals surface area (Å²) >= 11 is 0. The van der Waals surface area contributed by atoms with Crippen molar-refractivity contribution in [2.24, 2.45) is 0 Å². The quantitative estimate of drug-likeness (QED) is 0.282. The van der Waals surface area contributed by atoms with E-state index in [0.29, 0.717) is 0 Å². The van der Waals surface area contributed by atoms with Gasteiger partial charge in [0.25, 0.3) is 0 Å². The molecule has 2 N–H and O–H groups in total. The molecule has 0 spiro atoms. The monoisotopic (exact) mass is 176 g/mol. The summed E-state index contributed by atoms with van der Waals surface area (Å²) in [6.45, 7) is 9.50. The first-order valence-corrected chi connectivity index (χ1v) is 2.40. The van der Waals surface area contributed by atoms with Gasteiger partial charge in [-0.3, -0.25) is 4.46 Å². The Morgan fingerprint density at radius 3 is 1.00 bits per heavy atom. The molecule has 44 valence electrons. The van der Waals surface area contributed by atoms with Gasteiger partial charge in [0.2, 0.25) is 0 Å². The van der Waals surface area contributed by atoms with Crippen LogP contribution in [0.2, 0.25) is 0 Å². The fraction of sp³-hybridized carbons (Fsp3) is 0. The van der Waals surface area contributed by atoms with Gasteiger partial charge in [-0.15, -0.1) is 0 Å². The van der Waals surface area contributed by atoms with Crippen molar-refractivity contribution < 1.29 is 73.2 Å². The number of rotatable bonds is 0. The van der Waals surface area contributed by atoms with E-state index in [0.717, 1.165) is 0 Å². The van der Waals surface area contributed by atoms with Crippen molar-refractivity contribution in [3.05, 3.63) is 13.1 Å². The molecule has 0 aliphatic rings. The van der Waals surface area contributed by atoms with Crippen molar-refractivity contribution in [3.63, 3.8) is 0 Å². The summed E-state index contributed by atoms with van der Waals surface area (Å²) in [6.07, 6.45) is 0. The Morgan fingerprint density at radius 2 is 1.00 bits per heavy atom. The van der Waals surface area contributed by atoms with Crippen LogP contribution < -0.4 is 59.1 Å². The number of nitrogens with zero attached hydrogens (tertiary/aromatic N) is 2. The molecule has 0 aliphatic heterocycles. The fourth-order valence-corrected chi connectivity index (χ4v) is 0. The molecule has 0 saturated heterocycles. The SMILES string of the molecule is O=[Si](O)O.[C-]#N.[C-]#N.[Na+].[Na+]. The van der Waals surface area contributed by atoms with Crippen LogP contribution in [0.5, 0.6) is 0 Å².